The van der Waals surface area contributed by atoms with E-state index >= 15 is 0 Å². The van der Waals surface area contributed by atoms with Crippen molar-refractivity contribution in [3.05, 3.63) is 72.9 Å². The van der Waals surface area contributed by atoms with Crippen LogP contribution in [-0.2, 0) is 33.3 Å². The fraction of sp³-hybridized carbons (Fsp3) is 0.769. The number of esters is 2. The first-order chi connectivity index (χ1) is 36.1. The van der Waals surface area contributed by atoms with Gasteiger partial charge in [0, 0.05) is 12.8 Å². The van der Waals surface area contributed by atoms with E-state index in [1.54, 1.807) is 0 Å². The summed E-state index contributed by atoms with van der Waals surface area (Å²) in [6.45, 7) is 4.76. The second-order valence-electron chi connectivity index (χ2n) is 21.6. The van der Waals surface area contributed by atoms with Gasteiger partial charge in [-0.15, -0.1) is 0 Å². The molecule has 1 N–H and O–H groups in total. The quantitative estimate of drug-likeness (QED) is 0.0211. The number of likely N-dealkylation sites (N-methyl/N-ethyl adjacent to an activating group) is 1. The lowest BCUT2D eigenvalue weighted by atomic mass is 10.0. The van der Waals surface area contributed by atoms with Gasteiger partial charge >= 0.3 is 17.9 Å². The Kier molecular flexibility index (Phi) is 53.5. The highest BCUT2D eigenvalue weighted by molar-refractivity contribution is 5.71. The van der Waals surface area contributed by atoms with E-state index in [9.17, 15) is 19.5 Å². The van der Waals surface area contributed by atoms with Crippen LogP contribution < -0.4 is 0 Å². The minimum Gasteiger partial charge on any atom is -0.477 e. The molecule has 9 heteroatoms. The molecule has 9 nitrogen and oxygen atoms in total. The number of carboxylic acid groups (broad SMARTS) is 1. The number of hydrogen-bond acceptors (Lipinski definition) is 7. The minimum atomic E-state index is -1.51. The van der Waals surface area contributed by atoms with Gasteiger partial charge in [0.15, 0.2) is 6.10 Å². The van der Waals surface area contributed by atoms with E-state index in [0.717, 1.165) is 89.9 Å². The van der Waals surface area contributed by atoms with Crippen LogP contribution in [-0.4, -0.2) is 87.4 Å². The lowest BCUT2D eigenvalue weighted by Gasteiger charge is -2.25. The number of ether oxygens (including phenoxy) is 4. The lowest BCUT2D eigenvalue weighted by molar-refractivity contribution is -0.870. The van der Waals surface area contributed by atoms with Crippen molar-refractivity contribution >= 4 is 17.9 Å². The summed E-state index contributed by atoms with van der Waals surface area (Å²) in [6.07, 6.45) is 70.0. The summed E-state index contributed by atoms with van der Waals surface area (Å²) < 4.78 is 22.9. The summed E-state index contributed by atoms with van der Waals surface area (Å²) in [6, 6.07) is 0. The van der Waals surface area contributed by atoms with E-state index in [4.69, 9.17) is 18.9 Å². The Labute approximate surface area is 456 Å². The topological polar surface area (TPSA) is 108 Å². The normalized spacial score (nSPS) is 13.3. The van der Waals surface area contributed by atoms with Crippen molar-refractivity contribution in [2.75, 3.05) is 47.5 Å². The number of carbonyl (C=O) groups is 3. The highest BCUT2D eigenvalue weighted by Gasteiger charge is 2.25. The molecule has 0 rings (SSSR count). The molecule has 0 aromatic carbocycles. The van der Waals surface area contributed by atoms with Gasteiger partial charge in [-0.25, -0.2) is 4.79 Å². The Bertz CT molecular complexity index is 1440. The molecular weight excluding hydrogens is 923 g/mol. The van der Waals surface area contributed by atoms with Crippen LogP contribution in [0.1, 0.15) is 264 Å². The van der Waals surface area contributed by atoms with Crippen molar-refractivity contribution < 1.29 is 42.9 Å². The molecule has 0 aromatic rings. The van der Waals surface area contributed by atoms with Crippen molar-refractivity contribution in [3.8, 4) is 0 Å². The highest BCUT2D eigenvalue weighted by Crippen LogP contribution is 2.17. The van der Waals surface area contributed by atoms with Gasteiger partial charge < -0.3 is 28.5 Å². The van der Waals surface area contributed by atoms with Crippen LogP contribution in [0, 0.1) is 0 Å². The van der Waals surface area contributed by atoms with E-state index < -0.39 is 24.3 Å². The lowest BCUT2D eigenvalue weighted by Crippen LogP contribution is -2.40. The molecule has 0 bridgehead atoms. The zero-order valence-corrected chi connectivity index (χ0v) is 48.7. The molecule has 0 radical (unpaired) electrons. The number of carbonyl (C=O) groups excluding carboxylic acids is 2. The van der Waals surface area contributed by atoms with E-state index in [1.807, 2.05) is 21.1 Å². The van der Waals surface area contributed by atoms with Gasteiger partial charge in [-0.3, -0.25) is 9.59 Å². The van der Waals surface area contributed by atoms with Gasteiger partial charge in [-0.1, -0.05) is 241 Å². The zero-order valence-electron chi connectivity index (χ0n) is 48.7. The van der Waals surface area contributed by atoms with Crippen molar-refractivity contribution in [2.24, 2.45) is 0 Å². The van der Waals surface area contributed by atoms with Crippen LogP contribution >= 0.6 is 0 Å². The van der Waals surface area contributed by atoms with Gasteiger partial charge in [0.05, 0.1) is 34.4 Å². The third-order valence-electron chi connectivity index (χ3n) is 13.2. The standard InChI is InChI=1S/C65H115NO8/c1-6-8-10-12-14-16-18-20-22-23-24-25-26-27-28-29-30-31-32-33-34-35-36-37-38-39-40-41-42-44-46-48-50-52-54-56-63(68)74-61(60-73-65(64(69)70)71-58-57-66(3,4)5)59-72-62(67)55-53-51-49-47-45-43-21-19-17-15-13-11-9-7-2/h8,10,14,16,19-22,24-25,27-28,61,65H,6-7,9,11-13,15,17-18,23,26,29-60H2,1-5H3/p+1/b10-8-,16-14-,21-19-,22-20-,25-24-,28-27-. The molecular formula is C65H116NO8+. The first-order valence-corrected chi connectivity index (χ1v) is 30.6. The second kappa shape index (κ2) is 55.9. The Balaban J connectivity index is 4.06. The van der Waals surface area contributed by atoms with Crippen LogP contribution in [0.25, 0.3) is 0 Å². The van der Waals surface area contributed by atoms with Gasteiger partial charge in [0.25, 0.3) is 6.29 Å². The summed E-state index contributed by atoms with van der Waals surface area (Å²) in [4.78, 5) is 37.4. The molecule has 2 atom stereocenters. The Morgan fingerprint density at radius 3 is 1.16 bits per heavy atom. The average Bonchev–Trinajstić information content (AvgIpc) is 3.37. The number of unbranched alkanes of at least 4 members (excludes halogenated alkanes) is 29. The zero-order chi connectivity index (χ0) is 54.1. The molecule has 0 aromatic heterocycles. The fourth-order valence-corrected chi connectivity index (χ4v) is 8.51. The minimum absolute atomic E-state index is 0.185. The van der Waals surface area contributed by atoms with Crippen LogP contribution in [0.5, 0.6) is 0 Å². The van der Waals surface area contributed by atoms with Crippen LogP contribution in [0.2, 0.25) is 0 Å². The Hall–Kier alpha value is -3.27. The monoisotopic (exact) mass is 1040 g/mol. The van der Waals surface area contributed by atoms with Gasteiger partial charge in [0.1, 0.15) is 13.2 Å². The van der Waals surface area contributed by atoms with Crippen molar-refractivity contribution in [2.45, 2.75) is 277 Å². The third-order valence-corrected chi connectivity index (χ3v) is 13.2. The predicted molar refractivity (Wildman–Crippen MR) is 313 cm³/mol. The molecule has 0 aliphatic rings. The van der Waals surface area contributed by atoms with E-state index in [1.165, 1.54) is 148 Å². The average molecular weight is 1040 g/mol. The number of carboxylic acids is 1. The number of rotatable bonds is 56. The predicted octanol–water partition coefficient (Wildman–Crippen LogP) is 18.2. The molecule has 0 aliphatic heterocycles. The number of hydrogen-bond donors (Lipinski definition) is 1. The van der Waals surface area contributed by atoms with E-state index in [2.05, 4.69) is 86.8 Å². The molecule has 0 spiro atoms. The molecule has 0 fully saturated rings. The number of nitrogens with zero attached hydrogens (tertiary/aromatic N) is 1. The van der Waals surface area contributed by atoms with Crippen molar-refractivity contribution in [1.29, 1.82) is 0 Å². The van der Waals surface area contributed by atoms with Gasteiger partial charge in [-0.05, 0) is 83.5 Å². The van der Waals surface area contributed by atoms with Gasteiger partial charge in [-0.2, -0.15) is 0 Å². The first kappa shape index (κ1) is 70.7. The largest absolute Gasteiger partial charge is 0.477 e. The molecule has 74 heavy (non-hydrogen) atoms. The molecule has 0 amide bonds. The summed E-state index contributed by atoms with van der Waals surface area (Å²) in [5.41, 5.74) is 0. The summed E-state index contributed by atoms with van der Waals surface area (Å²) in [5.74, 6) is -2.01. The summed E-state index contributed by atoms with van der Waals surface area (Å²) in [7, 11) is 5.97. The molecule has 0 saturated heterocycles. The van der Waals surface area contributed by atoms with Crippen molar-refractivity contribution in [1.82, 2.24) is 0 Å². The first-order valence-electron chi connectivity index (χ1n) is 30.6. The number of allylic oxidation sites excluding steroid dienone is 12. The molecule has 0 heterocycles. The third kappa shape index (κ3) is 56.5. The number of aliphatic carboxylic acids is 1. The van der Waals surface area contributed by atoms with Crippen LogP contribution in [0.4, 0.5) is 0 Å². The Morgan fingerprint density at radius 2 is 0.770 bits per heavy atom. The Morgan fingerprint density at radius 1 is 0.419 bits per heavy atom. The molecule has 428 valence electrons. The summed E-state index contributed by atoms with van der Waals surface area (Å²) >= 11 is 0. The van der Waals surface area contributed by atoms with Crippen LogP contribution in [0.3, 0.4) is 0 Å². The maximum Gasteiger partial charge on any atom is 0.361 e. The second-order valence-corrected chi connectivity index (χ2v) is 21.6. The summed E-state index contributed by atoms with van der Waals surface area (Å²) in [5, 5.41) is 9.70. The van der Waals surface area contributed by atoms with Crippen molar-refractivity contribution in [3.63, 3.8) is 0 Å². The van der Waals surface area contributed by atoms with E-state index in [-0.39, 0.29) is 32.2 Å². The molecule has 0 saturated carbocycles. The van der Waals surface area contributed by atoms with E-state index in [0.29, 0.717) is 17.4 Å². The number of quaternary nitrogens is 1. The molecule has 2 unspecified atom stereocenters. The maximum absolute atomic E-state index is 12.9. The van der Waals surface area contributed by atoms with Gasteiger partial charge in [0.2, 0.25) is 0 Å². The molecule has 0 aliphatic carbocycles. The highest BCUT2D eigenvalue weighted by atomic mass is 16.7. The van der Waals surface area contributed by atoms with Crippen LogP contribution in [0.15, 0.2) is 72.9 Å². The fourth-order valence-electron chi connectivity index (χ4n) is 8.51. The maximum atomic E-state index is 12.9. The SMILES string of the molecule is CC/C=C\C/C=C\C/C=C\C/C=C\C/C=C\CCCCCCCCCCCCCCCCCCCCCC(=O)OC(COC(=O)CCCCCCC/C=C\CCCCCCC)COC(OCC[N+](C)(C)C)C(=O)O. The smallest absolute Gasteiger partial charge is 0.361 e.